The average molecular weight is 334 g/mol. The van der Waals surface area contributed by atoms with Crippen LogP contribution in [0.15, 0.2) is 53.8 Å². The van der Waals surface area contributed by atoms with Crippen molar-refractivity contribution in [3.05, 3.63) is 70.7 Å². The Morgan fingerprint density at radius 2 is 1.96 bits per heavy atom. The van der Waals surface area contributed by atoms with Crippen LogP contribution in [0.3, 0.4) is 0 Å². The minimum atomic E-state index is -0.756. The summed E-state index contributed by atoms with van der Waals surface area (Å²) in [5.41, 5.74) is 1.04. The molecule has 0 radical (unpaired) electrons. The maximum atomic E-state index is 13.1. The van der Waals surface area contributed by atoms with Gasteiger partial charge in [-0.05, 0) is 24.5 Å². The largest absolute Gasteiger partial charge is 0.338 e. The Hall–Kier alpha value is -2.67. The summed E-state index contributed by atoms with van der Waals surface area (Å²) in [7, 11) is 0. The van der Waals surface area contributed by atoms with Gasteiger partial charge in [0.1, 0.15) is 0 Å². The fourth-order valence-corrected chi connectivity index (χ4v) is 4.23. The molecule has 1 aliphatic carbocycles. The summed E-state index contributed by atoms with van der Waals surface area (Å²) in [5.74, 6) is -0.109. The maximum Gasteiger partial charge on any atom is 0.227 e. The number of Topliss-reactive ketones (excluding diaryl/α,β-unsaturated/α-hetero) is 1. The summed E-state index contributed by atoms with van der Waals surface area (Å²) in [6.45, 7) is 14.0. The summed E-state index contributed by atoms with van der Waals surface area (Å²) in [6, 6.07) is 9.90. The molecule has 25 heavy (non-hydrogen) atoms. The summed E-state index contributed by atoms with van der Waals surface area (Å²) in [6.07, 6.45) is 4.33. The van der Waals surface area contributed by atoms with E-state index in [0.717, 1.165) is 11.1 Å². The first-order valence-electron chi connectivity index (χ1n) is 8.46. The predicted octanol–water partition coefficient (Wildman–Crippen LogP) is 3.42. The predicted molar refractivity (Wildman–Crippen MR) is 96.4 cm³/mol. The molecule has 1 amide bonds. The molecule has 128 valence electrons. The third-order valence-electron chi connectivity index (χ3n) is 5.40. The Balaban J connectivity index is 2.11. The Morgan fingerprint density at radius 3 is 2.56 bits per heavy atom. The first kappa shape index (κ1) is 17.2. The van der Waals surface area contributed by atoms with Gasteiger partial charge in [-0.25, -0.2) is 4.85 Å². The summed E-state index contributed by atoms with van der Waals surface area (Å²) in [5, 5.41) is 0. The Morgan fingerprint density at radius 1 is 1.28 bits per heavy atom. The lowest BCUT2D eigenvalue weighted by molar-refractivity contribution is -0.130. The van der Waals surface area contributed by atoms with E-state index in [1.807, 2.05) is 50.3 Å². The van der Waals surface area contributed by atoms with Crippen molar-refractivity contribution in [1.82, 2.24) is 4.90 Å². The van der Waals surface area contributed by atoms with Gasteiger partial charge in [-0.15, -0.1) is 0 Å². The van der Waals surface area contributed by atoms with E-state index in [1.165, 1.54) is 0 Å². The molecule has 2 atom stereocenters. The molecule has 1 aliphatic heterocycles. The van der Waals surface area contributed by atoms with E-state index in [2.05, 4.69) is 4.85 Å². The van der Waals surface area contributed by atoms with Gasteiger partial charge in [-0.3, -0.25) is 4.79 Å². The number of hydrogen-bond donors (Lipinski definition) is 0. The van der Waals surface area contributed by atoms with Gasteiger partial charge < -0.3 is 9.69 Å². The first-order valence-corrected chi connectivity index (χ1v) is 8.46. The lowest BCUT2D eigenvalue weighted by atomic mass is 9.58. The molecule has 1 heterocycles. The number of rotatable bonds is 2. The normalized spacial score (nSPS) is 28.6. The van der Waals surface area contributed by atoms with Crippen molar-refractivity contribution < 1.29 is 9.59 Å². The zero-order valence-corrected chi connectivity index (χ0v) is 14.9. The number of ketones is 1. The van der Waals surface area contributed by atoms with Crippen LogP contribution in [0, 0.1) is 17.4 Å². The second kappa shape index (κ2) is 6.00. The fraction of sp³-hybridized carbons (Fsp3) is 0.381. The van der Waals surface area contributed by atoms with E-state index in [9.17, 15) is 9.59 Å². The maximum absolute atomic E-state index is 13.1. The van der Waals surface area contributed by atoms with Gasteiger partial charge in [0.15, 0.2) is 5.78 Å². The van der Waals surface area contributed by atoms with Gasteiger partial charge in [0.25, 0.3) is 0 Å². The van der Waals surface area contributed by atoms with Crippen LogP contribution in [-0.2, 0) is 16.0 Å². The molecule has 4 heteroatoms. The highest BCUT2D eigenvalue weighted by Crippen LogP contribution is 2.51. The molecule has 0 saturated heterocycles. The molecule has 1 aromatic carbocycles. The number of nitrogens with zero attached hydrogens (tertiary/aromatic N) is 2. The van der Waals surface area contributed by atoms with Crippen LogP contribution in [0.1, 0.15) is 26.3 Å². The molecular formula is C21H22N2O2. The minimum Gasteiger partial charge on any atom is -0.338 e. The van der Waals surface area contributed by atoms with Crippen molar-refractivity contribution in [2.45, 2.75) is 27.2 Å². The topological polar surface area (TPSA) is 41.7 Å². The number of fused-ring (bicyclic) bond motifs is 1. The third-order valence-corrected chi connectivity index (χ3v) is 5.40. The smallest absolute Gasteiger partial charge is 0.227 e. The van der Waals surface area contributed by atoms with Gasteiger partial charge in [0.2, 0.25) is 11.6 Å². The monoisotopic (exact) mass is 334 g/mol. The number of allylic oxidation sites excluding steroid dienone is 1. The fourth-order valence-electron chi connectivity index (χ4n) is 4.23. The van der Waals surface area contributed by atoms with Crippen molar-refractivity contribution in [1.29, 1.82) is 0 Å². The standard InChI is InChI=1S/C21H22N2O2/c1-15(24)23-11-10-18-20(2,14-23)13-17(22-4)19(25)21(18,3)12-16-8-6-5-7-9-16/h5-10,13H,11-12,14H2,1-3H3/t20-,21+/m0/s1. The van der Waals surface area contributed by atoms with Crippen molar-refractivity contribution in [2.75, 3.05) is 13.1 Å². The SMILES string of the molecule is [C-]#[N+]C1=C[C@@]2(C)CN(C(C)=O)CC=C2[C@@](C)(Cc2ccccc2)C1=O. The van der Waals surface area contributed by atoms with Gasteiger partial charge in [-0.2, -0.15) is 0 Å². The number of carbonyl (C=O) groups is 2. The Bertz CT molecular complexity index is 831. The van der Waals surface area contributed by atoms with Gasteiger partial charge in [0, 0.05) is 30.8 Å². The molecule has 0 saturated carbocycles. The second-order valence-corrected chi connectivity index (χ2v) is 7.40. The molecule has 0 spiro atoms. The van der Waals surface area contributed by atoms with Crippen molar-refractivity contribution in [3.8, 4) is 0 Å². The van der Waals surface area contributed by atoms with Gasteiger partial charge in [-0.1, -0.05) is 49.4 Å². The van der Waals surface area contributed by atoms with E-state index < -0.39 is 10.8 Å². The van der Waals surface area contributed by atoms with Crippen LogP contribution < -0.4 is 0 Å². The highest BCUT2D eigenvalue weighted by molar-refractivity contribution is 6.05. The lowest BCUT2D eigenvalue weighted by Gasteiger charge is -2.49. The average Bonchev–Trinajstić information content (AvgIpc) is 2.58. The van der Waals surface area contributed by atoms with Gasteiger partial charge in [0.05, 0.1) is 6.57 Å². The van der Waals surface area contributed by atoms with Crippen LogP contribution >= 0.6 is 0 Å². The molecule has 2 aliphatic rings. The third kappa shape index (κ3) is 2.80. The Kier molecular flexibility index (Phi) is 4.12. The van der Waals surface area contributed by atoms with Crippen molar-refractivity contribution in [3.63, 3.8) is 0 Å². The van der Waals surface area contributed by atoms with E-state index in [1.54, 1.807) is 17.9 Å². The van der Waals surface area contributed by atoms with E-state index in [4.69, 9.17) is 6.57 Å². The van der Waals surface area contributed by atoms with Crippen LogP contribution in [0.4, 0.5) is 0 Å². The molecule has 3 rings (SSSR count). The zero-order chi connectivity index (χ0) is 18.2. The second-order valence-electron chi connectivity index (χ2n) is 7.40. The highest BCUT2D eigenvalue weighted by Gasteiger charge is 2.51. The summed E-state index contributed by atoms with van der Waals surface area (Å²) in [4.78, 5) is 30.2. The molecule has 0 fully saturated rings. The first-order chi connectivity index (χ1) is 11.8. The summed E-state index contributed by atoms with van der Waals surface area (Å²) < 4.78 is 0. The van der Waals surface area contributed by atoms with Crippen LogP contribution in [0.25, 0.3) is 4.85 Å². The van der Waals surface area contributed by atoms with Crippen molar-refractivity contribution >= 4 is 11.7 Å². The lowest BCUT2D eigenvalue weighted by Crippen LogP contribution is -2.51. The minimum absolute atomic E-state index is 0.0101. The van der Waals surface area contributed by atoms with Crippen LogP contribution in [0.5, 0.6) is 0 Å². The van der Waals surface area contributed by atoms with Crippen LogP contribution in [-0.4, -0.2) is 29.7 Å². The number of amides is 1. The molecule has 0 N–H and O–H groups in total. The molecule has 0 bridgehead atoms. The van der Waals surface area contributed by atoms with Gasteiger partial charge >= 0.3 is 0 Å². The van der Waals surface area contributed by atoms with Crippen molar-refractivity contribution in [2.24, 2.45) is 10.8 Å². The molecule has 4 nitrogen and oxygen atoms in total. The number of carbonyl (C=O) groups excluding carboxylic acids is 2. The number of benzene rings is 1. The molecular weight excluding hydrogens is 312 g/mol. The highest BCUT2D eigenvalue weighted by atomic mass is 16.2. The number of hydrogen-bond acceptors (Lipinski definition) is 2. The quantitative estimate of drug-likeness (QED) is 0.614. The van der Waals surface area contributed by atoms with E-state index in [-0.39, 0.29) is 17.4 Å². The molecule has 0 unspecified atom stereocenters. The molecule has 0 aromatic heterocycles. The summed E-state index contributed by atoms with van der Waals surface area (Å²) >= 11 is 0. The zero-order valence-electron chi connectivity index (χ0n) is 14.9. The van der Waals surface area contributed by atoms with E-state index >= 15 is 0 Å². The van der Waals surface area contributed by atoms with Crippen LogP contribution in [0.2, 0.25) is 0 Å². The molecule has 1 aromatic rings. The Labute approximate surface area is 148 Å². The van der Waals surface area contributed by atoms with E-state index in [0.29, 0.717) is 19.5 Å².